The Hall–Kier alpha value is -0.430. The monoisotopic (exact) mass is 335 g/mol. The van der Waals surface area contributed by atoms with Gasteiger partial charge in [-0.05, 0) is 17.5 Å². The van der Waals surface area contributed by atoms with Gasteiger partial charge in [0.25, 0.3) is 0 Å². The lowest BCUT2D eigenvalue weighted by Gasteiger charge is -2.14. The molecule has 0 bridgehead atoms. The van der Waals surface area contributed by atoms with Gasteiger partial charge in [0.15, 0.2) is 0 Å². The molecule has 0 aliphatic carbocycles. The highest BCUT2D eigenvalue weighted by Crippen LogP contribution is 2.17. The molecule has 4 nitrogen and oxygen atoms in total. The third-order valence-electron chi connectivity index (χ3n) is 2.61. The van der Waals surface area contributed by atoms with Crippen molar-refractivity contribution in [2.75, 3.05) is 12.4 Å². The van der Waals surface area contributed by atoms with Crippen molar-refractivity contribution >= 4 is 26.0 Å². The van der Waals surface area contributed by atoms with E-state index in [-0.39, 0.29) is 11.7 Å². The molecule has 102 valence electrons. The molecule has 1 aromatic carbocycles. The zero-order valence-corrected chi connectivity index (χ0v) is 12.7. The Labute approximate surface area is 117 Å². The van der Waals surface area contributed by atoms with E-state index in [0.29, 0.717) is 13.2 Å². The van der Waals surface area contributed by atoms with E-state index in [9.17, 15) is 8.42 Å². The first-order chi connectivity index (χ1) is 8.42. The molecule has 0 aliphatic heterocycles. The summed E-state index contributed by atoms with van der Waals surface area (Å²) in [5.41, 5.74) is 1.04. The van der Waals surface area contributed by atoms with Crippen molar-refractivity contribution in [3.63, 3.8) is 0 Å². The first-order valence-electron chi connectivity index (χ1n) is 5.74. The number of sulfonamides is 1. The standard InChI is InChI=1S/C12H18BrNO3S/c1-2-10(9-18(14,15)16)7-17-8-11-5-3-4-6-12(11)13/h3-6,10H,2,7-9H2,1H3,(H2,14,15,16). The molecule has 0 spiro atoms. The molecule has 0 amide bonds. The molecule has 0 aromatic heterocycles. The quantitative estimate of drug-likeness (QED) is 0.830. The normalized spacial score (nSPS) is 13.5. The minimum atomic E-state index is -3.43. The van der Waals surface area contributed by atoms with Crippen molar-refractivity contribution in [1.82, 2.24) is 0 Å². The summed E-state index contributed by atoms with van der Waals surface area (Å²) in [6, 6.07) is 7.78. The van der Waals surface area contributed by atoms with Crippen LogP contribution in [0.3, 0.4) is 0 Å². The molecule has 0 heterocycles. The van der Waals surface area contributed by atoms with E-state index < -0.39 is 10.0 Å². The highest BCUT2D eigenvalue weighted by molar-refractivity contribution is 9.10. The summed E-state index contributed by atoms with van der Waals surface area (Å²) >= 11 is 3.43. The Kier molecular flexibility index (Phi) is 6.28. The lowest BCUT2D eigenvalue weighted by atomic mass is 10.1. The highest BCUT2D eigenvalue weighted by Gasteiger charge is 2.14. The second-order valence-electron chi connectivity index (χ2n) is 4.21. The summed E-state index contributed by atoms with van der Waals surface area (Å²) in [6.45, 7) is 2.79. The van der Waals surface area contributed by atoms with Crippen LogP contribution in [-0.4, -0.2) is 20.8 Å². The van der Waals surface area contributed by atoms with Gasteiger partial charge in [0, 0.05) is 4.47 Å². The van der Waals surface area contributed by atoms with Crippen LogP contribution in [-0.2, 0) is 21.4 Å². The minimum absolute atomic E-state index is 0.0283. The van der Waals surface area contributed by atoms with Gasteiger partial charge in [-0.15, -0.1) is 0 Å². The van der Waals surface area contributed by atoms with Crippen LogP contribution >= 0.6 is 15.9 Å². The molecule has 18 heavy (non-hydrogen) atoms. The van der Waals surface area contributed by atoms with Crippen LogP contribution in [0.15, 0.2) is 28.7 Å². The minimum Gasteiger partial charge on any atom is -0.376 e. The SMILES string of the molecule is CCC(COCc1ccccc1Br)CS(N)(=O)=O. The van der Waals surface area contributed by atoms with Gasteiger partial charge >= 0.3 is 0 Å². The second kappa shape index (κ2) is 7.23. The molecule has 6 heteroatoms. The third kappa shape index (κ3) is 5.95. The van der Waals surface area contributed by atoms with Crippen LogP contribution in [0.2, 0.25) is 0 Å². The van der Waals surface area contributed by atoms with E-state index in [1.54, 1.807) is 0 Å². The molecule has 1 rings (SSSR count). The van der Waals surface area contributed by atoms with Gasteiger partial charge in [-0.1, -0.05) is 47.5 Å². The van der Waals surface area contributed by atoms with Crippen LogP contribution in [0, 0.1) is 5.92 Å². The van der Waals surface area contributed by atoms with E-state index in [1.165, 1.54) is 0 Å². The molecule has 0 aliphatic rings. The van der Waals surface area contributed by atoms with Crippen molar-refractivity contribution in [3.8, 4) is 0 Å². The molecule has 0 saturated carbocycles. The molecule has 0 fully saturated rings. The first-order valence-corrected chi connectivity index (χ1v) is 8.25. The summed E-state index contributed by atoms with van der Waals surface area (Å²) in [7, 11) is -3.43. The Bertz CT molecular complexity index is 476. The van der Waals surface area contributed by atoms with Gasteiger partial charge in [0.2, 0.25) is 10.0 Å². The molecule has 1 atom stereocenters. The van der Waals surface area contributed by atoms with Gasteiger partial charge in [-0.2, -0.15) is 0 Å². The number of ether oxygens (including phenoxy) is 1. The van der Waals surface area contributed by atoms with Crippen molar-refractivity contribution in [2.45, 2.75) is 20.0 Å². The van der Waals surface area contributed by atoms with Gasteiger partial charge in [-0.3, -0.25) is 0 Å². The number of hydrogen-bond donors (Lipinski definition) is 1. The van der Waals surface area contributed by atoms with Gasteiger partial charge in [0.1, 0.15) is 0 Å². The topological polar surface area (TPSA) is 69.4 Å². The number of primary sulfonamides is 1. The first kappa shape index (κ1) is 15.6. The largest absolute Gasteiger partial charge is 0.376 e. The number of halogens is 1. The Morgan fingerprint density at radius 3 is 2.61 bits per heavy atom. The summed E-state index contributed by atoms with van der Waals surface area (Å²) in [5, 5.41) is 5.03. The summed E-state index contributed by atoms with van der Waals surface area (Å²) in [5.74, 6) is -0.0816. The Balaban J connectivity index is 2.43. The number of nitrogens with two attached hydrogens (primary N) is 1. The van der Waals surface area contributed by atoms with Crippen LogP contribution in [0.4, 0.5) is 0 Å². The van der Waals surface area contributed by atoms with E-state index in [0.717, 1.165) is 16.5 Å². The zero-order valence-electron chi connectivity index (χ0n) is 10.3. The van der Waals surface area contributed by atoms with Crippen LogP contribution in [0.25, 0.3) is 0 Å². The molecule has 2 N–H and O–H groups in total. The summed E-state index contributed by atoms with van der Waals surface area (Å²) in [6.07, 6.45) is 0.729. The van der Waals surface area contributed by atoms with Gasteiger partial charge in [0.05, 0.1) is 19.0 Å². The van der Waals surface area contributed by atoms with E-state index in [1.807, 2.05) is 31.2 Å². The average Bonchev–Trinajstić information content (AvgIpc) is 2.28. The number of benzene rings is 1. The lowest BCUT2D eigenvalue weighted by Crippen LogP contribution is -2.25. The third-order valence-corrected chi connectivity index (χ3v) is 4.32. The van der Waals surface area contributed by atoms with Crippen LogP contribution in [0.1, 0.15) is 18.9 Å². The summed E-state index contributed by atoms with van der Waals surface area (Å²) < 4.78 is 28.5. The summed E-state index contributed by atoms with van der Waals surface area (Å²) in [4.78, 5) is 0. The van der Waals surface area contributed by atoms with Gasteiger partial charge < -0.3 is 4.74 Å². The predicted molar refractivity (Wildman–Crippen MR) is 75.6 cm³/mol. The highest BCUT2D eigenvalue weighted by atomic mass is 79.9. The zero-order chi connectivity index (χ0) is 13.6. The van der Waals surface area contributed by atoms with Crippen molar-refractivity contribution in [2.24, 2.45) is 11.1 Å². The fourth-order valence-electron chi connectivity index (χ4n) is 1.56. The molecule has 0 radical (unpaired) electrons. The van der Waals surface area contributed by atoms with Crippen molar-refractivity contribution < 1.29 is 13.2 Å². The lowest BCUT2D eigenvalue weighted by molar-refractivity contribution is 0.0914. The van der Waals surface area contributed by atoms with Crippen molar-refractivity contribution in [1.29, 1.82) is 0 Å². The Morgan fingerprint density at radius 2 is 2.06 bits per heavy atom. The molecular weight excluding hydrogens is 318 g/mol. The molecule has 0 saturated heterocycles. The van der Waals surface area contributed by atoms with Crippen LogP contribution in [0.5, 0.6) is 0 Å². The number of hydrogen-bond acceptors (Lipinski definition) is 3. The Morgan fingerprint density at radius 1 is 1.39 bits per heavy atom. The van der Waals surface area contributed by atoms with E-state index >= 15 is 0 Å². The maximum absolute atomic E-state index is 11.0. The van der Waals surface area contributed by atoms with E-state index in [2.05, 4.69) is 15.9 Å². The predicted octanol–water partition coefficient (Wildman–Crippen LogP) is 2.28. The molecule has 1 unspecified atom stereocenters. The molecular formula is C12H18BrNO3S. The van der Waals surface area contributed by atoms with Crippen molar-refractivity contribution in [3.05, 3.63) is 34.3 Å². The van der Waals surface area contributed by atoms with Crippen LogP contribution < -0.4 is 5.14 Å². The maximum Gasteiger partial charge on any atom is 0.209 e. The molecule has 1 aromatic rings. The average molecular weight is 336 g/mol. The smallest absolute Gasteiger partial charge is 0.209 e. The fourth-order valence-corrected chi connectivity index (χ4v) is 2.95. The second-order valence-corrected chi connectivity index (χ2v) is 6.72. The number of rotatable bonds is 7. The van der Waals surface area contributed by atoms with Gasteiger partial charge in [-0.25, -0.2) is 13.6 Å². The maximum atomic E-state index is 11.0. The van der Waals surface area contributed by atoms with E-state index in [4.69, 9.17) is 9.88 Å². The fraction of sp³-hybridized carbons (Fsp3) is 0.500.